The first-order valence-corrected chi connectivity index (χ1v) is 6.87. The molecular weight excluding hydrogens is 276 g/mol. The second-order valence-corrected chi connectivity index (χ2v) is 5.76. The molecule has 7 nitrogen and oxygen atoms in total. The number of rotatable bonds is 4. The summed E-state index contributed by atoms with van der Waals surface area (Å²) in [4.78, 5) is 13.2. The maximum atomic E-state index is 12.0. The van der Waals surface area contributed by atoms with Crippen LogP contribution in [0.3, 0.4) is 0 Å². The van der Waals surface area contributed by atoms with Gasteiger partial charge in [-0.3, -0.25) is 4.90 Å². The van der Waals surface area contributed by atoms with Crippen molar-refractivity contribution in [2.75, 3.05) is 6.61 Å². The number of nitrogens with one attached hydrogen (secondary N) is 1. The van der Waals surface area contributed by atoms with Crippen molar-refractivity contribution < 1.29 is 24.5 Å². The minimum Gasteiger partial charge on any atom is -0.387 e. The van der Waals surface area contributed by atoms with Crippen molar-refractivity contribution in [1.29, 1.82) is 0 Å². The van der Waals surface area contributed by atoms with E-state index in [4.69, 9.17) is 9.47 Å². The SMILES string of the molecule is C=C1C=CN([C@@H]2O[C@H](COC(C)C)[C@@H](O)[C@@]2(C)O)C(=O)N1. The van der Waals surface area contributed by atoms with Gasteiger partial charge in [-0.25, -0.2) is 4.79 Å². The molecule has 0 bridgehead atoms. The van der Waals surface area contributed by atoms with Gasteiger partial charge in [-0.1, -0.05) is 6.58 Å². The monoisotopic (exact) mass is 298 g/mol. The van der Waals surface area contributed by atoms with Crippen molar-refractivity contribution in [2.45, 2.75) is 50.9 Å². The summed E-state index contributed by atoms with van der Waals surface area (Å²) in [5.74, 6) is 0. The van der Waals surface area contributed by atoms with Crippen LogP contribution in [0.2, 0.25) is 0 Å². The van der Waals surface area contributed by atoms with E-state index in [1.54, 1.807) is 6.08 Å². The Bertz CT molecular complexity index is 460. The predicted octanol–water partition coefficient (Wildman–Crippen LogP) is 0.301. The van der Waals surface area contributed by atoms with E-state index in [9.17, 15) is 15.0 Å². The molecule has 2 aliphatic heterocycles. The van der Waals surface area contributed by atoms with E-state index in [-0.39, 0.29) is 12.7 Å². The fourth-order valence-corrected chi connectivity index (χ4v) is 2.33. The summed E-state index contributed by atoms with van der Waals surface area (Å²) in [6.45, 7) is 8.92. The smallest absolute Gasteiger partial charge is 0.328 e. The van der Waals surface area contributed by atoms with Crippen LogP contribution in [0.1, 0.15) is 20.8 Å². The van der Waals surface area contributed by atoms with Gasteiger partial charge in [0.25, 0.3) is 0 Å². The highest BCUT2D eigenvalue weighted by Gasteiger charge is 2.55. The summed E-state index contributed by atoms with van der Waals surface area (Å²) in [6, 6.07) is -0.467. The molecule has 2 amide bonds. The Hall–Kier alpha value is -1.41. The van der Waals surface area contributed by atoms with Crippen LogP contribution in [0.4, 0.5) is 4.79 Å². The molecule has 21 heavy (non-hydrogen) atoms. The van der Waals surface area contributed by atoms with Crippen molar-refractivity contribution in [3.05, 3.63) is 24.6 Å². The molecule has 0 aromatic heterocycles. The number of urea groups is 1. The third-order valence-corrected chi connectivity index (χ3v) is 3.54. The molecule has 1 fully saturated rings. The molecule has 118 valence electrons. The van der Waals surface area contributed by atoms with Gasteiger partial charge in [0.2, 0.25) is 0 Å². The molecule has 0 aliphatic carbocycles. The van der Waals surface area contributed by atoms with Crippen LogP contribution < -0.4 is 5.32 Å². The molecule has 4 atom stereocenters. The highest BCUT2D eigenvalue weighted by atomic mass is 16.6. The number of hydrogen-bond donors (Lipinski definition) is 3. The van der Waals surface area contributed by atoms with Gasteiger partial charge in [0.15, 0.2) is 6.23 Å². The summed E-state index contributed by atoms with van der Waals surface area (Å²) in [7, 11) is 0. The van der Waals surface area contributed by atoms with E-state index in [1.807, 2.05) is 13.8 Å². The molecule has 0 radical (unpaired) electrons. The predicted molar refractivity (Wildman–Crippen MR) is 75.0 cm³/mol. The first-order valence-electron chi connectivity index (χ1n) is 6.87. The number of allylic oxidation sites excluding steroid dienone is 1. The van der Waals surface area contributed by atoms with Gasteiger partial charge in [-0.05, 0) is 26.8 Å². The standard InChI is InChI=1S/C14H22N2O5/c1-8(2)20-7-10-11(17)14(4,19)12(21-10)16-6-5-9(3)15-13(16)18/h5-6,8,10-12,17,19H,3,7H2,1-2,4H3,(H,15,18)/t10-,11-,12-,14-/m1/s1. The van der Waals surface area contributed by atoms with Crippen molar-refractivity contribution in [1.82, 2.24) is 10.2 Å². The third-order valence-electron chi connectivity index (χ3n) is 3.54. The molecular formula is C14H22N2O5. The van der Waals surface area contributed by atoms with Gasteiger partial charge in [-0.15, -0.1) is 0 Å². The number of aliphatic hydroxyl groups excluding tert-OH is 1. The molecule has 7 heteroatoms. The Kier molecular flexibility index (Phi) is 4.38. The molecule has 2 heterocycles. The maximum Gasteiger partial charge on any atom is 0.328 e. The van der Waals surface area contributed by atoms with E-state index < -0.39 is 30.1 Å². The second-order valence-electron chi connectivity index (χ2n) is 5.76. The fraction of sp³-hybridized carbons (Fsp3) is 0.643. The van der Waals surface area contributed by atoms with Crippen LogP contribution in [-0.2, 0) is 9.47 Å². The number of hydrogen-bond acceptors (Lipinski definition) is 5. The Morgan fingerprint density at radius 1 is 1.62 bits per heavy atom. The first kappa shape index (κ1) is 16.0. The Balaban J connectivity index is 2.14. The molecule has 3 N–H and O–H groups in total. The van der Waals surface area contributed by atoms with Crippen LogP contribution in [0, 0.1) is 0 Å². The number of carbonyl (C=O) groups is 1. The Morgan fingerprint density at radius 3 is 2.86 bits per heavy atom. The summed E-state index contributed by atoms with van der Waals surface area (Å²) in [5.41, 5.74) is -1.15. The first-order chi connectivity index (χ1) is 9.73. The van der Waals surface area contributed by atoms with Crippen LogP contribution >= 0.6 is 0 Å². The minimum atomic E-state index is -1.61. The van der Waals surface area contributed by atoms with E-state index in [1.165, 1.54) is 18.0 Å². The quantitative estimate of drug-likeness (QED) is 0.694. The zero-order valence-electron chi connectivity index (χ0n) is 12.4. The molecule has 2 aliphatic rings. The summed E-state index contributed by atoms with van der Waals surface area (Å²) < 4.78 is 11.1. The normalized spacial score (nSPS) is 36.5. The molecule has 0 spiro atoms. The van der Waals surface area contributed by atoms with E-state index in [0.717, 1.165) is 0 Å². The van der Waals surface area contributed by atoms with Gasteiger partial charge < -0.3 is 25.0 Å². The van der Waals surface area contributed by atoms with Gasteiger partial charge >= 0.3 is 6.03 Å². The third kappa shape index (κ3) is 3.11. The molecule has 2 rings (SSSR count). The topological polar surface area (TPSA) is 91.3 Å². The highest BCUT2D eigenvalue weighted by Crippen LogP contribution is 2.34. The summed E-state index contributed by atoms with van der Waals surface area (Å²) >= 11 is 0. The number of nitrogens with zero attached hydrogens (tertiary/aromatic N) is 1. The van der Waals surface area contributed by atoms with Gasteiger partial charge in [0.05, 0.1) is 12.7 Å². The highest BCUT2D eigenvalue weighted by molar-refractivity contribution is 5.79. The number of carbonyl (C=O) groups excluding carboxylic acids is 1. The lowest BCUT2D eigenvalue weighted by molar-refractivity contribution is -0.109. The zero-order valence-corrected chi connectivity index (χ0v) is 12.4. The largest absolute Gasteiger partial charge is 0.387 e. The lowest BCUT2D eigenvalue weighted by Crippen LogP contribution is -2.55. The molecule has 0 unspecified atom stereocenters. The van der Waals surface area contributed by atoms with Gasteiger partial charge in [0.1, 0.15) is 17.8 Å². The van der Waals surface area contributed by atoms with Crippen molar-refractivity contribution >= 4 is 6.03 Å². The van der Waals surface area contributed by atoms with Crippen molar-refractivity contribution in [3.63, 3.8) is 0 Å². The number of aliphatic hydroxyl groups is 2. The average Bonchev–Trinajstić information content (AvgIpc) is 2.60. The number of ether oxygens (including phenoxy) is 2. The van der Waals surface area contributed by atoms with E-state index >= 15 is 0 Å². The number of amides is 2. The van der Waals surface area contributed by atoms with E-state index in [2.05, 4.69) is 11.9 Å². The van der Waals surface area contributed by atoms with Crippen LogP contribution in [0.15, 0.2) is 24.6 Å². The summed E-state index contributed by atoms with van der Waals surface area (Å²) in [6.07, 6.45) is 0.166. The lowest BCUT2D eigenvalue weighted by Gasteiger charge is -2.35. The van der Waals surface area contributed by atoms with Crippen molar-refractivity contribution in [2.24, 2.45) is 0 Å². The molecule has 0 aromatic carbocycles. The molecule has 1 saturated heterocycles. The van der Waals surface area contributed by atoms with Crippen LogP contribution in [0.5, 0.6) is 0 Å². The molecule has 0 saturated carbocycles. The zero-order chi connectivity index (χ0) is 15.8. The summed E-state index contributed by atoms with van der Waals surface area (Å²) in [5, 5.41) is 23.2. The van der Waals surface area contributed by atoms with Gasteiger partial charge in [-0.2, -0.15) is 0 Å². The van der Waals surface area contributed by atoms with Crippen LogP contribution in [0.25, 0.3) is 0 Å². The fourth-order valence-electron chi connectivity index (χ4n) is 2.33. The molecule has 0 aromatic rings. The average molecular weight is 298 g/mol. The Labute approximate surface area is 123 Å². The van der Waals surface area contributed by atoms with Gasteiger partial charge in [0, 0.05) is 11.9 Å². The van der Waals surface area contributed by atoms with Crippen LogP contribution in [-0.4, -0.2) is 57.9 Å². The maximum absolute atomic E-state index is 12.0. The van der Waals surface area contributed by atoms with E-state index in [0.29, 0.717) is 5.70 Å². The minimum absolute atomic E-state index is 0.0219. The lowest BCUT2D eigenvalue weighted by atomic mass is 9.96. The second kappa shape index (κ2) is 5.76. The Morgan fingerprint density at radius 2 is 2.29 bits per heavy atom. The van der Waals surface area contributed by atoms with Crippen molar-refractivity contribution in [3.8, 4) is 0 Å².